The van der Waals surface area contributed by atoms with Gasteiger partial charge in [0.15, 0.2) is 0 Å². The third-order valence-corrected chi connectivity index (χ3v) is 4.07. The maximum atomic E-state index is 12.8. The summed E-state index contributed by atoms with van der Waals surface area (Å²) in [5.74, 6) is 1.64. The molecule has 22 heavy (non-hydrogen) atoms. The number of nitrogens with one attached hydrogen (secondary N) is 1. The third kappa shape index (κ3) is 5.03. The van der Waals surface area contributed by atoms with Gasteiger partial charge in [-0.1, -0.05) is 18.2 Å². The summed E-state index contributed by atoms with van der Waals surface area (Å²) in [4.78, 5) is 13.7. The van der Waals surface area contributed by atoms with Crippen LogP contribution in [0.3, 0.4) is 0 Å². The summed E-state index contributed by atoms with van der Waals surface area (Å²) in [6.45, 7) is 1.87. The molecular formula is C14H16F3N3OS. The van der Waals surface area contributed by atoms with E-state index in [1.807, 2.05) is 16.7 Å². The van der Waals surface area contributed by atoms with Gasteiger partial charge in [0.2, 0.25) is 0 Å². The Morgan fingerprint density at radius 1 is 1.32 bits per heavy atom. The lowest BCUT2D eigenvalue weighted by Crippen LogP contribution is -2.40. The second-order valence-electron chi connectivity index (χ2n) is 4.77. The van der Waals surface area contributed by atoms with Crippen LogP contribution in [0.25, 0.3) is 0 Å². The molecule has 0 unspecified atom stereocenters. The van der Waals surface area contributed by atoms with Crippen molar-refractivity contribution < 1.29 is 18.0 Å². The van der Waals surface area contributed by atoms with Gasteiger partial charge in [-0.05, 0) is 6.07 Å². The number of carbonyl (C=O) groups is 1. The molecule has 0 bridgehead atoms. The number of alkyl halides is 3. The maximum Gasteiger partial charge on any atom is 0.417 e. The summed E-state index contributed by atoms with van der Waals surface area (Å²) in [5.41, 5.74) is 1.42. The van der Waals surface area contributed by atoms with Crippen molar-refractivity contribution >= 4 is 23.9 Å². The van der Waals surface area contributed by atoms with Crippen LogP contribution in [0.5, 0.6) is 0 Å². The highest BCUT2D eigenvalue weighted by atomic mass is 32.2. The number of thioether (sulfide) groups is 1. The predicted octanol–water partition coefficient (Wildman–Crippen LogP) is 2.20. The number of halogens is 3. The van der Waals surface area contributed by atoms with E-state index in [1.165, 1.54) is 18.2 Å². The molecule has 4 nitrogen and oxygen atoms in total. The first-order valence-corrected chi connectivity index (χ1v) is 7.90. The van der Waals surface area contributed by atoms with Gasteiger partial charge in [0.05, 0.1) is 18.3 Å². The molecule has 0 saturated carbocycles. The molecule has 1 aliphatic rings. The topological polar surface area (TPSA) is 44.7 Å². The fourth-order valence-corrected chi connectivity index (χ4v) is 3.02. The fourth-order valence-electron chi connectivity index (χ4n) is 2.04. The summed E-state index contributed by atoms with van der Waals surface area (Å²) in [6.07, 6.45) is -3.43. The molecule has 120 valence electrons. The lowest BCUT2D eigenvalue weighted by Gasteiger charge is -2.24. The largest absolute Gasteiger partial charge is 0.417 e. The van der Waals surface area contributed by atoms with Crippen molar-refractivity contribution in [3.8, 4) is 0 Å². The highest BCUT2D eigenvalue weighted by Crippen LogP contribution is 2.30. The smallest absolute Gasteiger partial charge is 0.293 e. The van der Waals surface area contributed by atoms with E-state index in [0.29, 0.717) is 0 Å². The molecule has 0 atom stereocenters. The van der Waals surface area contributed by atoms with E-state index in [2.05, 4.69) is 10.5 Å². The van der Waals surface area contributed by atoms with Gasteiger partial charge < -0.3 is 0 Å². The van der Waals surface area contributed by atoms with E-state index in [1.54, 1.807) is 0 Å². The zero-order chi connectivity index (χ0) is 16.0. The Kier molecular flexibility index (Phi) is 5.84. The molecule has 1 aromatic carbocycles. The Labute approximate surface area is 130 Å². The minimum Gasteiger partial charge on any atom is -0.293 e. The van der Waals surface area contributed by atoms with Crippen molar-refractivity contribution in [3.63, 3.8) is 0 Å². The van der Waals surface area contributed by atoms with Crippen molar-refractivity contribution in [3.05, 3.63) is 35.4 Å². The number of hydrogen-bond acceptors (Lipinski definition) is 4. The van der Waals surface area contributed by atoms with Gasteiger partial charge in [0, 0.05) is 30.2 Å². The molecule has 1 saturated heterocycles. The number of amides is 1. The first-order chi connectivity index (χ1) is 10.5. The molecule has 1 N–H and O–H groups in total. The van der Waals surface area contributed by atoms with Crippen molar-refractivity contribution in [2.45, 2.75) is 6.18 Å². The average Bonchev–Trinajstić information content (AvgIpc) is 2.48. The van der Waals surface area contributed by atoms with Gasteiger partial charge in [-0.15, -0.1) is 0 Å². The van der Waals surface area contributed by atoms with Crippen LogP contribution >= 0.6 is 11.8 Å². The number of benzene rings is 1. The lowest BCUT2D eigenvalue weighted by atomic mass is 10.1. The molecule has 1 fully saturated rings. The minimum absolute atomic E-state index is 0.0790. The molecule has 0 aliphatic carbocycles. The van der Waals surface area contributed by atoms with E-state index < -0.39 is 11.7 Å². The average molecular weight is 331 g/mol. The summed E-state index contributed by atoms with van der Waals surface area (Å²) >= 11 is 1.84. The highest BCUT2D eigenvalue weighted by Gasteiger charge is 2.32. The fraction of sp³-hybridized carbons (Fsp3) is 0.429. The first-order valence-electron chi connectivity index (χ1n) is 6.75. The standard InChI is InChI=1S/C14H16F3N3OS/c15-14(16,17)12-4-2-1-3-11(12)9-18-19-13(21)10-20-5-7-22-8-6-20/h1-4,9H,5-8,10H2,(H,19,21)/b18-9-. The Hall–Kier alpha value is -1.54. The molecule has 0 radical (unpaired) electrons. The molecular weight excluding hydrogens is 315 g/mol. The van der Waals surface area contributed by atoms with E-state index in [-0.39, 0.29) is 18.0 Å². The van der Waals surface area contributed by atoms with E-state index in [9.17, 15) is 18.0 Å². The summed E-state index contributed by atoms with van der Waals surface area (Å²) in [5, 5.41) is 3.62. The maximum absolute atomic E-state index is 12.8. The van der Waals surface area contributed by atoms with Crippen LogP contribution in [-0.4, -0.2) is 48.2 Å². The number of hydrogen-bond donors (Lipinski definition) is 1. The number of rotatable bonds is 4. The van der Waals surface area contributed by atoms with Gasteiger partial charge in [0.25, 0.3) is 5.91 Å². The van der Waals surface area contributed by atoms with Crippen molar-refractivity contribution in [1.29, 1.82) is 0 Å². The zero-order valence-electron chi connectivity index (χ0n) is 11.8. The van der Waals surface area contributed by atoms with E-state index in [0.717, 1.165) is 36.9 Å². The molecule has 0 spiro atoms. The van der Waals surface area contributed by atoms with Crippen LogP contribution in [0.1, 0.15) is 11.1 Å². The molecule has 2 rings (SSSR count). The van der Waals surface area contributed by atoms with Crippen LogP contribution in [0.15, 0.2) is 29.4 Å². The second kappa shape index (κ2) is 7.64. The van der Waals surface area contributed by atoms with Crippen LogP contribution in [0.4, 0.5) is 13.2 Å². The Balaban J connectivity index is 1.91. The van der Waals surface area contributed by atoms with Gasteiger partial charge in [-0.25, -0.2) is 5.43 Å². The minimum atomic E-state index is -4.45. The quantitative estimate of drug-likeness (QED) is 0.680. The summed E-state index contributed by atoms with van der Waals surface area (Å²) in [6, 6.07) is 5.09. The molecule has 1 aromatic rings. The van der Waals surface area contributed by atoms with Crippen LogP contribution in [0, 0.1) is 0 Å². The Morgan fingerprint density at radius 2 is 2.00 bits per heavy atom. The summed E-state index contributed by atoms with van der Waals surface area (Å²) < 4.78 is 38.4. The Bertz CT molecular complexity index is 542. The molecule has 1 amide bonds. The normalized spacial score (nSPS) is 16.9. The van der Waals surface area contributed by atoms with Crippen molar-refractivity contribution in [2.75, 3.05) is 31.1 Å². The van der Waals surface area contributed by atoms with Crippen LogP contribution in [-0.2, 0) is 11.0 Å². The van der Waals surface area contributed by atoms with Gasteiger partial charge >= 0.3 is 6.18 Å². The first kappa shape index (κ1) is 16.8. The van der Waals surface area contributed by atoms with Crippen LogP contribution < -0.4 is 5.43 Å². The van der Waals surface area contributed by atoms with Gasteiger partial charge in [-0.3, -0.25) is 9.69 Å². The predicted molar refractivity (Wildman–Crippen MR) is 80.9 cm³/mol. The summed E-state index contributed by atoms with van der Waals surface area (Å²) in [7, 11) is 0. The van der Waals surface area contributed by atoms with Crippen molar-refractivity contribution in [1.82, 2.24) is 10.3 Å². The molecule has 0 aromatic heterocycles. The van der Waals surface area contributed by atoms with E-state index >= 15 is 0 Å². The lowest BCUT2D eigenvalue weighted by molar-refractivity contribution is -0.137. The van der Waals surface area contributed by atoms with Crippen LogP contribution in [0.2, 0.25) is 0 Å². The molecule has 1 aliphatic heterocycles. The monoisotopic (exact) mass is 331 g/mol. The van der Waals surface area contributed by atoms with E-state index in [4.69, 9.17) is 0 Å². The SMILES string of the molecule is O=C(CN1CCSCC1)N/N=C\c1ccccc1C(F)(F)F. The molecule has 1 heterocycles. The van der Waals surface area contributed by atoms with Gasteiger partial charge in [0.1, 0.15) is 0 Å². The van der Waals surface area contributed by atoms with Gasteiger partial charge in [-0.2, -0.15) is 30.0 Å². The highest BCUT2D eigenvalue weighted by molar-refractivity contribution is 7.99. The third-order valence-electron chi connectivity index (χ3n) is 3.13. The number of nitrogens with zero attached hydrogens (tertiary/aromatic N) is 2. The molecule has 8 heteroatoms. The zero-order valence-corrected chi connectivity index (χ0v) is 12.6. The second-order valence-corrected chi connectivity index (χ2v) is 5.99. The number of carbonyl (C=O) groups excluding carboxylic acids is 1. The number of hydrazone groups is 1. The van der Waals surface area contributed by atoms with Crippen molar-refractivity contribution in [2.24, 2.45) is 5.10 Å². The Morgan fingerprint density at radius 3 is 2.68 bits per heavy atom.